The van der Waals surface area contributed by atoms with Crippen LogP contribution in [0.1, 0.15) is 37.0 Å². The van der Waals surface area contributed by atoms with Gasteiger partial charge in [0.05, 0.1) is 11.5 Å². The van der Waals surface area contributed by atoms with E-state index < -0.39 is 0 Å². The molecule has 1 aromatic rings. The van der Waals surface area contributed by atoms with E-state index in [4.69, 9.17) is 0 Å². The van der Waals surface area contributed by atoms with Crippen LogP contribution in [0.5, 0.6) is 0 Å². The molecule has 3 aliphatic rings. The Morgan fingerprint density at radius 2 is 1.81 bits per heavy atom. The lowest BCUT2D eigenvalue weighted by Gasteiger charge is -2.46. The maximum Gasteiger partial charge on any atom is 0.253 e. The average Bonchev–Trinajstić information content (AvgIpc) is 3.16. The van der Waals surface area contributed by atoms with E-state index in [1.165, 1.54) is 0 Å². The van der Waals surface area contributed by atoms with Crippen molar-refractivity contribution in [2.75, 3.05) is 39.8 Å². The number of hydrogen-bond donors (Lipinski definition) is 0. The molecule has 1 aromatic carbocycles. The van der Waals surface area contributed by atoms with Gasteiger partial charge in [-0.25, -0.2) is 0 Å². The van der Waals surface area contributed by atoms with Crippen molar-refractivity contribution in [2.24, 2.45) is 17.8 Å². The smallest absolute Gasteiger partial charge is 0.253 e. The lowest BCUT2D eigenvalue weighted by atomic mass is 9.75. The highest BCUT2D eigenvalue weighted by Crippen LogP contribution is 2.49. The summed E-state index contributed by atoms with van der Waals surface area (Å²) in [4.78, 5) is 32.2. The number of carbonyl (C=O) groups is 2. The third-order valence-corrected chi connectivity index (χ3v) is 6.96. The van der Waals surface area contributed by atoms with Crippen LogP contribution in [0.15, 0.2) is 30.3 Å². The van der Waals surface area contributed by atoms with Crippen molar-refractivity contribution in [1.82, 2.24) is 14.7 Å². The highest BCUT2D eigenvalue weighted by molar-refractivity contribution is 5.94. The number of fused-ring (bicyclic) bond motifs is 2. The van der Waals surface area contributed by atoms with E-state index in [-0.39, 0.29) is 17.4 Å². The van der Waals surface area contributed by atoms with Crippen LogP contribution in [0.2, 0.25) is 0 Å². The number of piperidine rings is 1. The van der Waals surface area contributed by atoms with E-state index in [9.17, 15) is 9.59 Å². The summed E-state index contributed by atoms with van der Waals surface area (Å²) in [5.41, 5.74) is 0.687. The van der Waals surface area contributed by atoms with Crippen molar-refractivity contribution in [1.29, 1.82) is 0 Å². The van der Waals surface area contributed by atoms with E-state index in [1.807, 2.05) is 47.2 Å². The van der Waals surface area contributed by atoms with Crippen molar-refractivity contribution < 1.29 is 9.59 Å². The SMILES string of the molecule is CC(C)CN1C[C@@H]2C(=O)N(C)C3(CCN(C(=O)c4ccccc4)CC3)[C@@H]2C1. The monoisotopic (exact) mass is 369 g/mol. The Bertz CT molecular complexity index is 710. The Balaban J connectivity index is 1.48. The fourth-order valence-electron chi connectivity index (χ4n) is 5.63. The highest BCUT2D eigenvalue weighted by atomic mass is 16.2. The summed E-state index contributed by atoms with van der Waals surface area (Å²) in [6.45, 7) is 8.94. The zero-order valence-electron chi connectivity index (χ0n) is 16.7. The summed E-state index contributed by atoms with van der Waals surface area (Å²) in [5.74, 6) is 1.60. The van der Waals surface area contributed by atoms with Crippen LogP contribution in [-0.4, -0.2) is 71.8 Å². The Labute approximate surface area is 162 Å². The molecule has 1 spiro atoms. The quantitative estimate of drug-likeness (QED) is 0.821. The second-order valence-electron chi connectivity index (χ2n) is 8.98. The molecule has 2 atom stereocenters. The van der Waals surface area contributed by atoms with E-state index >= 15 is 0 Å². The third kappa shape index (κ3) is 3.06. The van der Waals surface area contributed by atoms with Gasteiger partial charge in [-0.15, -0.1) is 0 Å². The second kappa shape index (κ2) is 6.93. The van der Waals surface area contributed by atoms with Gasteiger partial charge in [-0.3, -0.25) is 9.59 Å². The van der Waals surface area contributed by atoms with Crippen LogP contribution in [0.4, 0.5) is 0 Å². The van der Waals surface area contributed by atoms with Gasteiger partial charge in [0.2, 0.25) is 5.91 Å². The minimum absolute atomic E-state index is 0.0685. The van der Waals surface area contributed by atoms with Gasteiger partial charge in [-0.1, -0.05) is 32.0 Å². The molecule has 5 nitrogen and oxygen atoms in total. The van der Waals surface area contributed by atoms with Crippen LogP contribution in [0.25, 0.3) is 0 Å². The van der Waals surface area contributed by atoms with Crippen molar-refractivity contribution in [2.45, 2.75) is 32.2 Å². The number of benzene rings is 1. The minimum Gasteiger partial charge on any atom is -0.339 e. The van der Waals surface area contributed by atoms with Gasteiger partial charge >= 0.3 is 0 Å². The predicted molar refractivity (Wildman–Crippen MR) is 105 cm³/mol. The van der Waals surface area contributed by atoms with Gasteiger partial charge in [-0.2, -0.15) is 0 Å². The van der Waals surface area contributed by atoms with E-state index in [0.29, 0.717) is 17.7 Å². The molecule has 27 heavy (non-hydrogen) atoms. The molecule has 0 aromatic heterocycles. The molecule has 0 N–H and O–H groups in total. The van der Waals surface area contributed by atoms with Gasteiger partial charge in [0.25, 0.3) is 5.91 Å². The molecule has 3 fully saturated rings. The molecule has 0 unspecified atom stereocenters. The maximum atomic E-state index is 12.9. The van der Waals surface area contributed by atoms with Crippen LogP contribution in [0, 0.1) is 17.8 Å². The number of nitrogens with zero attached hydrogens (tertiary/aromatic N) is 3. The van der Waals surface area contributed by atoms with Gasteiger partial charge in [-0.05, 0) is 30.9 Å². The number of carbonyl (C=O) groups excluding carboxylic acids is 2. The summed E-state index contributed by atoms with van der Waals surface area (Å²) in [7, 11) is 1.99. The lowest BCUT2D eigenvalue weighted by Crippen LogP contribution is -2.56. The molecular weight excluding hydrogens is 338 g/mol. The van der Waals surface area contributed by atoms with E-state index in [1.54, 1.807) is 0 Å². The number of hydrogen-bond acceptors (Lipinski definition) is 3. The minimum atomic E-state index is -0.0685. The van der Waals surface area contributed by atoms with Gasteiger partial charge in [0.15, 0.2) is 0 Å². The largest absolute Gasteiger partial charge is 0.339 e. The summed E-state index contributed by atoms with van der Waals surface area (Å²) in [5, 5.41) is 0. The summed E-state index contributed by atoms with van der Waals surface area (Å²) in [6.07, 6.45) is 1.79. The number of likely N-dealkylation sites (tertiary alicyclic amines) is 3. The van der Waals surface area contributed by atoms with Gasteiger partial charge < -0.3 is 14.7 Å². The second-order valence-corrected chi connectivity index (χ2v) is 8.98. The van der Waals surface area contributed by atoms with Crippen LogP contribution in [0.3, 0.4) is 0 Å². The first-order valence-corrected chi connectivity index (χ1v) is 10.3. The average molecular weight is 370 g/mol. The van der Waals surface area contributed by atoms with Crippen LogP contribution >= 0.6 is 0 Å². The first-order valence-electron chi connectivity index (χ1n) is 10.3. The molecule has 3 heterocycles. The third-order valence-electron chi connectivity index (χ3n) is 6.96. The van der Waals surface area contributed by atoms with E-state index in [2.05, 4.69) is 18.7 Å². The summed E-state index contributed by atoms with van der Waals surface area (Å²) in [6, 6.07) is 9.52. The molecular formula is C22H31N3O2. The zero-order valence-corrected chi connectivity index (χ0v) is 16.7. The fourth-order valence-corrected chi connectivity index (χ4v) is 5.63. The van der Waals surface area contributed by atoms with Crippen molar-refractivity contribution >= 4 is 11.8 Å². The first kappa shape index (κ1) is 18.5. The standard InChI is InChI=1S/C22H31N3O2/c1-16(2)13-24-14-18-19(15-24)22(23(3)21(18)27)9-11-25(12-10-22)20(26)17-7-5-4-6-8-17/h4-8,16,18-19H,9-15H2,1-3H3/t18-,19+/m0/s1. The molecule has 0 bridgehead atoms. The molecule has 5 heteroatoms. The Morgan fingerprint density at radius 3 is 2.44 bits per heavy atom. The summed E-state index contributed by atoms with van der Waals surface area (Å²) < 4.78 is 0. The van der Waals surface area contributed by atoms with Crippen molar-refractivity contribution in [3.8, 4) is 0 Å². The molecule has 3 aliphatic heterocycles. The molecule has 2 amide bonds. The molecule has 0 saturated carbocycles. The summed E-state index contributed by atoms with van der Waals surface area (Å²) >= 11 is 0. The number of rotatable bonds is 3. The molecule has 0 radical (unpaired) electrons. The first-order chi connectivity index (χ1) is 12.9. The Morgan fingerprint density at radius 1 is 1.15 bits per heavy atom. The predicted octanol–water partition coefficient (Wildman–Crippen LogP) is 2.34. The molecule has 3 saturated heterocycles. The normalized spacial score (nSPS) is 27.6. The van der Waals surface area contributed by atoms with Crippen LogP contribution < -0.4 is 0 Å². The molecule has 146 valence electrons. The molecule has 0 aliphatic carbocycles. The topological polar surface area (TPSA) is 43.9 Å². The van der Waals surface area contributed by atoms with Gasteiger partial charge in [0.1, 0.15) is 0 Å². The highest BCUT2D eigenvalue weighted by Gasteiger charge is 2.60. The van der Waals surface area contributed by atoms with Crippen molar-refractivity contribution in [3.05, 3.63) is 35.9 Å². The molecule has 4 rings (SSSR count). The van der Waals surface area contributed by atoms with Crippen LogP contribution in [-0.2, 0) is 4.79 Å². The van der Waals surface area contributed by atoms with Crippen molar-refractivity contribution in [3.63, 3.8) is 0 Å². The van der Waals surface area contributed by atoms with Gasteiger partial charge in [0, 0.05) is 51.3 Å². The van der Waals surface area contributed by atoms with E-state index in [0.717, 1.165) is 51.1 Å². The Hall–Kier alpha value is -1.88. The maximum absolute atomic E-state index is 12.9. The zero-order chi connectivity index (χ0) is 19.2. The number of amides is 2. The Kier molecular flexibility index (Phi) is 4.75. The fraction of sp³-hybridized carbons (Fsp3) is 0.636. The lowest BCUT2D eigenvalue weighted by molar-refractivity contribution is -0.133.